The van der Waals surface area contributed by atoms with E-state index < -0.39 is 0 Å². The van der Waals surface area contributed by atoms with Gasteiger partial charge in [-0.25, -0.2) is 9.97 Å². The summed E-state index contributed by atoms with van der Waals surface area (Å²) in [7, 11) is 0. The normalized spacial score (nSPS) is 14.5. The Hall–Kier alpha value is -2.70. The molecule has 0 spiro atoms. The van der Waals surface area contributed by atoms with Gasteiger partial charge >= 0.3 is 0 Å². The molecule has 0 aromatic carbocycles. The second kappa shape index (κ2) is 8.12. The molecule has 26 heavy (non-hydrogen) atoms. The molecule has 2 aromatic rings. The third-order valence-corrected chi connectivity index (χ3v) is 4.05. The molecule has 1 aliphatic heterocycles. The maximum atomic E-state index is 12.2. The Kier molecular flexibility index (Phi) is 5.65. The molecule has 0 radical (unpaired) electrons. The van der Waals surface area contributed by atoms with Crippen molar-refractivity contribution in [2.24, 2.45) is 5.92 Å². The van der Waals surface area contributed by atoms with Crippen LogP contribution in [0.5, 0.6) is 5.75 Å². The van der Waals surface area contributed by atoms with E-state index in [1.165, 1.54) is 0 Å². The summed E-state index contributed by atoms with van der Waals surface area (Å²) in [5, 5.41) is 6.21. The van der Waals surface area contributed by atoms with Gasteiger partial charge in [-0.1, -0.05) is 13.8 Å². The van der Waals surface area contributed by atoms with Crippen molar-refractivity contribution >= 4 is 11.7 Å². The van der Waals surface area contributed by atoms with Gasteiger partial charge in [0.25, 0.3) is 5.91 Å². The number of ether oxygens (including phenoxy) is 1. The number of nitrogens with one attached hydrogen (secondary N) is 2. The van der Waals surface area contributed by atoms with Gasteiger partial charge in [0.05, 0.1) is 12.7 Å². The fourth-order valence-electron chi connectivity index (χ4n) is 2.87. The largest absolute Gasteiger partial charge is 0.487 e. The monoisotopic (exact) mass is 355 g/mol. The third kappa shape index (κ3) is 4.47. The molecular weight excluding hydrogens is 330 g/mol. The Bertz CT molecular complexity index is 764. The number of aromatic nitrogens is 3. The molecule has 0 saturated heterocycles. The summed E-state index contributed by atoms with van der Waals surface area (Å²) >= 11 is 0. The highest BCUT2D eigenvalue weighted by Gasteiger charge is 2.24. The predicted molar refractivity (Wildman–Crippen MR) is 99.4 cm³/mol. The zero-order chi connectivity index (χ0) is 18.5. The van der Waals surface area contributed by atoms with Crippen molar-refractivity contribution in [2.75, 3.05) is 18.4 Å². The number of carbonyl (C=O) groups excluding carboxylic acids is 1. The first-order chi connectivity index (χ1) is 12.5. The van der Waals surface area contributed by atoms with E-state index in [1.54, 1.807) is 12.4 Å². The van der Waals surface area contributed by atoms with Gasteiger partial charge in [-0.2, -0.15) is 0 Å². The van der Waals surface area contributed by atoms with Crippen molar-refractivity contribution in [3.05, 3.63) is 41.6 Å². The highest BCUT2D eigenvalue weighted by Crippen LogP contribution is 2.21. The van der Waals surface area contributed by atoms with Crippen LogP contribution in [0.15, 0.2) is 24.5 Å². The van der Waals surface area contributed by atoms with Crippen LogP contribution in [-0.2, 0) is 12.8 Å². The van der Waals surface area contributed by atoms with Crippen LogP contribution < -0.4 is 15.4 Å². The molecule has 2 N–H and O–H groups in total. The lowest BCUT2D eigenvalue weighted by atomic mass is 10.0. The predicted octanol–water partition coefficient (Wildman–Crippen LogP) is 2.24. The van der Waals surface area contributed by atoms with Crippen molar-refractivity contribution in [2.45, 2.75) is 39.7 Å². The van der Waals surface area contributed by atoms with Gasteiger partial charge in [0, 0.05) is 24.7 Å². The number of nitrogens with zero attached hydrogens (tertiary/aromatic N) is 3. The summed E-state index contributed by atoms with van der Waals surface area (Å²) in [4.78, 5) is 25.4. The smallest absolute Gasteiger partial charge is 0.270 e. The first-order valence-electron chi connectivity index (χ1n) is 9.01. The molecule has 0 fully saturated rings. The number of fused-ring (bicyclic) bond motifs is 1. The Morgan fingerprint density at radius 2 is 2.15 bits per heavy atom. The van der Waals surface area contributed by atoms with Crippen molar-refractivity contribution in [1.29, 1.82) is 0 Å². The van der Waals surface area contributed by atoms with Gasteiger partial charge in [0.15, 0.2) is 0 Å². The molecule has 1 unspecified atom stereocenters. The zero-order valence-corrected chi connectivity index (χ0v) is 15.5. The van der Waals surface area contributed by atoms with Gasteiger partial charge in [-0.3, -0.25) is 9.78 Å². The van der Waals surface area contributed by atoms with Crippen LogP contribution in [0.2, 0.25) is 0 Å². The molecule has 0 aliphatic carbocycles. The Morgan fingerprint density at radius 1 is 1.31 bits per heavy atom. The lowest BCUT2D eigenvalue weighted by molar-refractivity contribution is 0.0940. The molecule has 0 bridgehead atoms. The lowest BCUT2D eigenvalue weighted by Gasteiger charge is -2.22. The van der Waals surface area contributed by atoms with Crippen molar-refractivity contribution in [1.82, 2.24) is 20.3 Å². The fraction of sp³-hybridized carbons (Fsp3) is 0.474. The molecule has 1 aliphatic rings. The molecule has 138 valence electrons. The molecule has 0 saturated carbocycles. The minimum atomic E-state index is -0.124. The maximum Gasteiger partial charge on any atom is 0.270 e. The highest BCUT2D eigenvalue weighted by molar-refractivity contribution is 5.96. The van der Waals surface area contributed by atoms with E-state index in [4.69, 9.17) is 4.74 Å². The van der Waals surface area contributed by atoms with E-state index in [2.05, 4.69) is 39.4 Å². The van der Waals surface area contributed by atoms with Gasteiger partial charge in [0.2, 0.25) is 0 Å². The second-order valence-electron chi connectivity index (χ2n) is 6.92. The van der Waals surface area contributed by atoms with Crippen LogP contribution in [0.25, 0.3) is 0 Å². The fourth-order valence-corrected chi connectivity index (χ4v) is 2.87. The lowest BCUT2D eigenvalue weighted by Crippen LogP contribution is -2.35. The quantitative estimate of drug-likeness (QED) is 0.792. The number of anilines is 1. The number of pyridine rings is 1. The summed E-state index contributed by atoms with van der Waals surface area (Å²) in [6, 6.07) is 3.72. The Balaban J connectivity index is 1.75. The van der Waals surface area contributed by atoms with Crippen molar-refractivity contribution < 1.29 is 9.53 Å². The van der Waals surface area contributed by atoms with Crippen LogP contribution in [0, 0.1) is 5.92 Å². The molecule has 1 atom stereocenters. The van der Waals surface area contributed by atoms with Gasteiger partial charge in [-0.15, -0.1) is 0 Å². The maximum absolute atomic E-state index is 12.2. The average Bonchev–Trinajstić information content (AvgIpc) is 2.61. The minimum absolute atomic E-state index is 0.0734. The zero-order valence-electron chi connectivity index (χ0n) is 15.5. The molecule has 3 rings (SSSR count). The van der Waals surface area contributed by atoms with E-state index in [0.29, 0.717) is 30.5 Å². The standard InChI is InChI=1S/C19H25N5O2/c1-12(2)9-16-23-17-15(6-8-21-19(17)25)18(24-16)22-10-13(3)26-14-5-4-7-20-11-14/h4-5,7,11-13H,6,8-10H2,1-3H3,(H,21,25)(H,22,23,24). The second-order valence-corrected chi connectivity index (χ2v) is 6.92. The van der Waals surface area contributed by atoms with E-state index in [1.807, 2.05) is 19.1 Å². The molecule has 7 nitrogen and oxygen atoms in total. The van der Waals surface area contributed by atoms with E-state index >= 15 is 0 Å². The van der Waals surface area contributed by atoms with Crippen molar-refractivity contribution in [3.63, 3.8) is 0 Å². The summed E-state index contributed by atoms with van der Waals surface area (Å²) in [5.41, 5.74) is 1.38. The van der Waals surface area contributed by atoms with Crippen LogP contribution >= 0.6 is 0 Å². The number of hydrogen-bond acceptors (Lipinski definition) is 6. The highest BCUT2D eigenvalue weighted by atomic mass is 16.5. The Morgan fingerprint density at radius 3 is 2.88 bits per heavy atom. The van der Waals surface area contributed by atoms with Gasteiger partial charge < -0.3 is 15.4 Å². The first kappa shape index (κ1) is 18.1. The number of carbonyl (C=O) groups is 1. The number of hydrogen-bond donors (Lipinski definition) is 2. The summed E-state index contributed by atoms with van der Waals surface area (Å²) in [6.45, 7) is 7.38. The van der Waals surface area contributed by atoms with E-state index in [-0.39, 0.29) is 12.0 Å². The van der Waals surface area contributed by atoms with E-state index in [9.17, 15) is 4.79 Å². The summed E-state index contributed by atoms with van der Waals surface area (Å²) in [6.07, 6.45) is 4.79. The summed E-state index contributed by atoms with van der Waals surface area (Å²) in [5.74, 6) is 2.45. The molecule has 2 aromatic heterocycles. The number of amides is 1. The van der Waals surface area contributed by atoms with E-state index in [0.717, 1.165) is 30.0 Å². The van der Waals surface area contributed by atoms with Crippen LogP contribution in [0.3, 0.4) is 0 Å². The topological polar surface area (TPSA) is 89.0 Å². The molecular formula is C19H25N5O2. The SMILES string of the molecule is CC(C)Cc1nc(NCC(C)Oc2cccnc2)c2c(n1)C(=O)NCC2. The minimum Gasteiger partial charge on any atom is -0.487 e. The third-order valence-electron chi connectivity index (χ3n) is 4.05. The number of rotatable bonds is 7. The van der Waals surface area contributed by atoms with Crippen LogP contribution in [0.4, 0.5) is 5.82 Å². The first-order valence-corrected chi connectivity index (χ1v) is 9.01. The van der Waals surface area contributed by atoms with Crippen LogP contribution in [-0.4, -0.2) is 40.1 Å². The van der Waals surface area contributed by atoms with Crippen molar-refractivity contribution in [3.8, 4) is 5.75 Å². The molecule has 7 heteroatoms. The van der Waals surface area contributed by atoms with Gasteiger partial charge in [-0.05, 0) is 31.4 Å². The molecule has 3 heterocycles. The van der Waals surface area contributed by atoms with Gasteiger partial charge in [0.1, 0.15) is 29.2 Å². The molecule has 1 amide bonds. The Labute approximate surface area is 153 Å². The average molecular weight is 355 g/mol. The van der Waals surface area contributed by atoms with Crippen LogP contribution in [0.1, 0.15) is 42.6 Å². The summed E-state index contributed by atoms with van der Waals surface area (Å²) < 4.78 is 5.85.